The number of rotatable bonds is 4. The first-order chi connectivity index (χ1) is 9.52. The van der Waals surface area contributed by atoms with Crippen molar-refractivity contribution in [3.05, 3.63) is 41.0 Å². The van der Waals surface area contributed by atoms with Gasteiger partial charge in [-0.1, -0.05) is 12.1 Å². The number of carbonyl (C=O) groups excluding carboxylic acids is 1. The molecule has 0 atom stereocenters. The average Bonchev–Trinajstić information content (AvgIpc) is 2.80. The SMILES string of the molecule is CCc1noc(C)c1C(=O)Nc1ccc(C(=O)O)nc1. The van der Waals surface area contributed by atoms with E-state index in [1.807, 2.05) is 6.92 Å². The lowest BCUT2D eigenvalue weighted by Crippen LogP contribution is -2.14. The minimum Gasteiger partial charge on any atom is -0.477 e. The number of aromatic nitrogens is 2. The molecule has 2 rings (SSSR count). The normalized spacial score (nSPS) is 10.3. The molecule has 0 aromatic carbocycles. The highest BCUT2D eigenvalue weighted by Gasteiger charge is 2.19. The van der Waals surface area contributed by atoms with Gasteiger partial charge >= 0.3 is 5.97 Å². The van der Waals surface area contributed by atoms with Crippen LogP contribution in [0, 0.1) is 6.92 Å². The molecular weight excluding hydrogens is 262 g/mol. The van der Waals surface area contributed by atoms with E-state index in [-0.39, 0.29) is 11.6 Å². The number of hydrogen-bond donors (Lipinski definition) is 2. The summed E-state index contributed by atoms with van der Waals surface area (Å²) in [7, 11) is 0. The Morgan fingerprint density at radius 3 is 2.70 bits per heavy atom. The van der Waals surface area contributed by atoms with Crippen molar-refractivity contribution in [1.29, 1.82) is 0 Å². The number of anilines is 1. The molecule has 2 aromatic heterocycles. The van der Waals surface area contributed by atoms with Crippen LogP contribution in [0.1, 0.15) is 39.2 Å². The van der Waals surface area contributed by atoms with Crippen molar-refractivity contribution in [3.63, 3.8) is 0 Å². The van der Waals surface area contributed by atoms with Gasteiger partial charge in [-0.15, -0.1) is 0 Å². The first kappa shape index (κ1) is 13.7. The number of pyridine rings is 1. The third kappa shape index (κ3) is 2.66. The maximum absolute atomic E-state index is 12.1. The summed E-state index contributed by atoms with van der Waals surface area (Å²) < 4.78 is 4.99. The van der Waals surface area contributed by atoms with Crippen molar-refractivity contribution in [3.8, 4) is 0 Å². The Hall–Kier alpha value is -2.70. The summed E-state index contributed by atoms with van der Waals surface area (Å²) in [6.07, 6.45) is 1.87. The number of carboxylic acids is 1. The van der Waals surface area contributed by atoms with Crippen LogP contribution in [0.4, 0.5) is 5.69 Å². The lowest BCUT2D eigenvalue weighted by molar-refractivity contribution is 0.0690. The fourth-order valence-electron chi connectivity index (χ4n) is 1.74. The maximum atomic E-state index is 12.1. The Kier molecular flexibility index (Phi) is 3.79. The second kappa shape index (κ2) is 5.52. The third-order valence-corrected chi connectivity index (χ3v) is 2.74. The highest BCUT2D eigenvalue weighted by molar-refractivity contribution is 6.05. The van der Waals surface area contributed by atoms with Crippen LogP contribution in [-0.4, -0.2) is 27.1 Å². The summed E-state index contributed by atoms with van der Waals surface area (Å²) >= 11 is 0. The molecule has 7 nitrogen and oxygen atoms in total. The predicted molar refractivity (Wildman–Crippen MR) is 69.8 cm³/mol. The van der Waals surface area contributed by atoms with Gasteiger partial charge in [-0.3, -0.25) is 4.79 Å². The first-order valence-electron chi connectivity index (χ1n) is 5.98. The number of amides is 1. The molecule has 0 saturated heterocycles. The number of nitrogens with one attached hydrogen (secondary N) is 1. The zero-order chi connectivity index (χ0) is 14.7. The monoisotopic (exact) mass is 275 g/mol. The second-order valence-electron chi connectivity index (χ2n) is 4.11. The van der Waals surface area contributed by atoms with Gasteiger partial charge in [-0.2, -0.15) is 0 Å². The highest BCUT2D eigenvalue weighted by atomic mass is 16.5. The molecule has 0 fully saturated rings. The molecule has 0 unspecified atom stereocenters. The van der Waals surface area contributed by atoms with E-state index in [2.05, 4.69) is 15.5 Å². The van der Waals surface area contributed by atoms with Gasteiger partial charge in [0.2, 0.25) is 0 Å². The molecule has 0 bridgehead atoms. The molecular formula is C13H13N3O4. The van der Waals surface area contributed by atoms with Gasteiger partial charge in [0.15, 0.2) is 0 Å². The molecule has 0 saturated carbocycles. The van der Waals surface area contributed by atoms with Crippen LogP contribution in [-0.2, 0) is 6.42 Å². The van der Waals surface area contributed by atoms with E-state index in [1.165, 1.54) is 18.3 Å². The molecule has 1 amide bonds. The lowest BCUT2D eigenvalue weighted by atomic mass is 10.1. The number of aryl methyl sites for hydroxylation is 2. The molecule has 7 heteroatoms. The minimum atomic E-state index is -1.12. The Balaban J connectivity index is 2.19. The van der Waals surface area contributed by atoms with Crippen LogP contribution in [0.5, 0.6) is 0 Å². The van der Waals surface area contributed by atoms with E-state index in [0.29, 0.717) is 29.1 Å². The van der Waals surface area contributed by atoms with Gasteiger partial charge in [-0.05, 0) is 25.5 Å². The van der Waals surface area contributed by atoms with Crippen molar-refractivity contribution in [2.45, 2.75) is 20.3 Å². The summed E-state index contributed by atoms with van der Waals surface area (Å²) in [5.41, 5.74) is 1.30. The Morgan fingerprint density at radius 2 is 2.15 bits per heavy atom. The number of hydrogen-bond acceptors (Lipinski definition) is 5. The maximum Gasteiger partial charge on any atom is 0.354 e. The fraction of sp³-hybridized carbons (Fsp3) is 0.231. The molecule has 2 N–H and O–H groups in total. The summed E-state index contributed by atoms with van der Waals surface area (Å²) in [5.74, 6) is -1.04. The van der Waals surface area contributed by atoms with Gasteiger partial charge < -0.3 is 14.9 Å². The van der Waals surface area contributed by atoms with Gasteiger partial charge in [0, 0.05) is 0 Å². The van der Waals surface area contributed by atoms with Crippen molar-refractivity contribution in [2.24, 2.45) is 0 Å². The molecule has 0 aliphatic carbocycles. The van der Waals surface area contributed by atoms with Crippen molar-refractivity contribution in [2.75, 3.05) is 5.32 Å². The molecule has 0 aliphatic heterocycles. The van der Waals surface area contributed by atoms with Gasteiger partial charge in [0.25, 0.3) is 5.91 Å². The predicted octanol–water partition coefficient (Wildman–Crippen LogP) is 1.89. The molecule has 20 heavy (non-hydrogen) atoms. The molecule has 104 valence electrons. The minimum absolute atomic E-state index is 0.0848. The topological polar surface area (TPSA) is 105 Å². The quantitative estimate of drug-likeness (QED) is 0.882. The summed E-state index contributed by atoms with van der Waals surface area (Å²) in [4.78, 5) is 26.5. The smallest absolute Gasteiger partial charge is 0.354 e. The Bertz CT molecular complexity index is 646. The average molecular weight is 275 g/mol. The molecule has 0 aliphatic rings. The third-order valence-electron chi connectivity index (χ3n) is 2.74. The van der Waals surface area contributed by atoms with Crippen molar-refractivity contribution < 1.29 is 19.2 Å². The van der Waals surface area contributed by atoms with E-state index in [0.717, 1.165) is 0 Å². The number of carbonyl (C=O) groups is 2. The van der Waals surface area contributed by atoms with Crippen LogP contribution in [0.15, 0.2) is 22.9 Å². The number of aromatic carboxylic acids is 1. The van der Waals surface area contributed by atoms with Crippen LogP contribution in [0.25, 0.3) is 0 Å². The Labute approximate surface area is 114 Å². The van der Waals surface area contributed by atoms with Gasteiger partial charge in [0.1, 0.15) is 17.0 Å². The van der Waals surface area contributed by atoms with Crippen LogP contribution in [0.2, 0.25) is 0 Å². The summed E-state index contributed by atoms with van der Waals surface area (Å²) in [6, 6.07) is 2.79. The lowest BCUT2D eigenvalue weighted by Gasteiger charge is -2.05. The van der Waals surface area contributed by atoms with Gasteiger partial charge in [-0.25, -0.2) is 9.78 Å². The largest absolute Gasteiger partial charge is 0.477 e. The Morgan fingerprint density at radius 1 is 1.40 bits per heavy atom. The molecule has 0 radical (unpaired) electrons. The summed E-state index contributed by atoms with van der Waals surface area (Å²) in [6.45, 7) is 3.53. The number of nitrogens with zero attached hydrogens (tertiary/aromatic N) is 2. The highest BCUT2D eigenvalue weighted by Crippen LogP contribution is 2.16. The fourth-order valence-corrected chi connectivity index (χ4v) is 1.74. The molecule has 0 spiro atoms. The van der Waals surface area contributed by atoms with Crippen molar-refractivity contribution >= 4 is 17.6 Å². The zero-order valence-electron chi connectivity index (χ0n) is 11.0. The standard InChI is InChI=1S/C13H13N3O4/c1-3-9-11(7(2)20-16-9)12(17)15-8-4-5-10(13(18)19)14-6-8/h4-6H,3H2,1-2H3,(H,15,17)(H,18,19). The zero-order valence-corrected chi connectivity index (χ0v) is 11.0. The second-order valence-corrected chi connectivity index (χ2v) is 4.11. The van der Waals surface area contributed by atoms with E-state index in [9.17, 15) is 9.59 Å². The van der Waals surface area contributed by atoms with Crippen LogP contribution < -0.4 is 5.32 Å². The van der Waals surface area contributed by atoms with Crippen LogP contribution >= 0.6 is 0 Å². The number of carboxylic acid groups (broad SMARTS) is 1. The van der Waals surface area contributed by atoms with Gasteiger partial charge in [0.05, 0.1) is 17.6 Å². The molecule has 2 aromatic rings. The van der Waals surface area contributed by atoms with E-state index >= 15 is 0 Å². The van der Waals surface area contributed by atoms with Crippen molar-refractivity contribution in [1.82, 2.24) is 10.1 Å². The van der Waals surface area contributed by atoms with E-state index in [4.69, 9.17) is 9.63 Å². The van der Waals surface area contributed by atoms with E-state index < -0.39 is 5.97 Å². The van der Waals surface area contributed by atoms with Crippen LogP contribution in [0.3, 0.4) is 0 Å². The first-order valence-corrected chi connectivity index (χ1v) is 5.98. The summed E-state index contributed by atoms with van der Waals surface area (Å²) in [5, 5.41) is 15.2. The molecule has 2 heterocycles. The van der Waals surface area contributed by atoms with E-state index in [1.54, 1.807) is 6.92 Å².